The number of nitrogens with zero attached hydrogens (tertiary/aromatic N) is 5. The highest BCUT2D eigenvalue weighted by molar-refractivity contribution is 6.18. The van der Waals surface area contributed by atoms with Crippen molar-refractivity contribution in [1.82, 2.24) is 24.1 Å². The molecule has 214 valence electrons. The van der Waals surface area contributed by atoms with Crippen LogP contribution in [0.25, 0.3) is 72.3 Å². The van der Waals surface area contributed by atoms with Crippen LogP contribution in [0.1, 0.15) is 18.0 Å². The zero-order chi connectivity index (χ0) is 29.9. The quantitative estimate of drug-likeness (QED) is 0.209. The van der Waals surface area contributed by atoms with Crippen LogP contribution in [0.2, 0.25) is 0 Å². The Labute approximate surface area is 260 Å². The fourth-order valence-electron chi connectivity index (χ4n) is 6.85. The van der Waals surface area contributed by atoms with Gasteiger partial charge in [0.2, 0.25) is 5.95 Å². The van der Waals surface area contributed by atoms with Gasteiger partial charge in [0, 0.05) is 38.2 Å². The van der Waals surface area contributed by atoms with Crippen LogP contribution >= 0.6 is 0 Å². The van der Waals surface area contributed by atoms with Crippen molar-refractivity contribution in [2.24, 2.45) is 0 Å². The van der Waals surface area contributed by atoms with Gasteiger partial charge in [-0.05, 0) is 43.2 Å². The Bertz CT molecular complexity index is 2410. The summed E-state index contributed by atoms with van der Waals surface area (Å²) in [6, 6.07) is 40.7. The molecule has 0 amide bonds. The highest BCUT2D eigenvalue weighted by atomic mass is 15.2. The zero-order valence-corrected chi connectivity index (χ0v) is 24.8. The molecule has 0 spiro atoms. The second-order valence-electron chi connectivity index (χ2n) is 11.8. The van der Waals surface area contributed by atoms with E-state index in [2.05, 4.69) is 119 Å². The third kappa shape index (κ3) is 4.12. The Morgan fingerprint density at radius 1 is 0.556 bits per heavy atom. The first-order chi connectivity index (χ1) is 22.2. The Hall–Kier alpha value is -5.81. The van der Waals surface area contributed by atoms with Gasteiger partial charge in [0.05, 0.1) is 22.6 Å². The number of para-hydroxylation sites is 1. The molecule has 9 rings (SSSR count). The fourth-order valence-corrected chi connectivity index (χ4v) is 6.85. The Balaban J connectivity index is 1.40. The molecule has 0 bridgehead atoms. The summed E-state index contributed by atoms with van der Waals surface area (Å²) in [5.41, 5.74) is 7.70. The number of rotatable bonds is 4. The second kappa shape index (κ2) is 10.1. The molecule has 0 N–H and O–H groups in total. The molecule has 0 saturated heterocycles. The number of aryl methyl sites for hydroxylation is 1. The summed E-state index contributed by atoms with van der Waals surface area (Å²) in [5.74, 6) is 1.91. The number of benzene rings is 5. The molecule has 0 saturated carbocycles. The molecule has 0 fully saturated rings. The first kappa shape index (κ1) is 25.7. The maximum absolute atomic E-state index is 5.15. The molecule has 45 heavy (non-hydrogen) atoms. The minimum Gasteiger partial charge on any atom is -0.333 e. The van der Waals surface area contributed by atoms with Crippen LogP contribution in [-0.4, -0.2) is 24.1 Å². The van der Waals surface area contributed by atoms with E-state index in [-0.39, 0.29) is 6.04 Å². The van der Waals surface area contributed by atoms with Gasteiger partial charge < -0.3 is 4.57 Å². The highest BCUT2D eigenvalue weighted by Crippen LogP contribution is 2.40. The molecular formula is C40H29N5. The lowest BCUT2D eigenvalue weighted by atomic mass is 10.1. The molecule has 3 aromatic heterocycles. The van der Waals surface area contributed by atoms with Gasteiger partial charge in [0.25, 0.3) is 0 Å². The lowest BCUT2D eigenvalue weighted by Gasteiger charge is -2.18. The topological polar surface area (TPSA) is 48.5 Å². The largest absolute Gasteiger partial charge is 0.333 e. The number of fused-ring (bicyclic) bond motifs is 6. The first-order valence-electron chi connectivity index (χ1n) is 15.4. The molecule has 5 heteroatoms. The van der Waals surface area contributed by atoms with E-state index in [1.807, 2.05) is 36.4 Å². The molecule has 0 radical (unpaired) electrons. The Kier molecular flexibility index (Phi) is 5.78. The maximum Gasteiger partial charge on any atom is 0.238 e. The zero-order valence-electron chi connectivity index (χ0n) is 24.8. The van der Waals surface area contributed by atoms with Gasteiger partial charge in [0.1, 0.15) is 0 Å². The Morgan fingerprint density at radius 2 is 1.20 bits per heavy atom. The fraction of sp³-hybridized carbons (Fsp3) is 0.0750. The van der Waals surface area contributed by atoms with Crippen molar-refractivity contribution in [2.45, 2.75) is 19.4 Å². The molecule has 8 aromatic rings. The van der Waals surface area contributed by atoms with Crippen molar-refractivity contribution in [1.29, 1.82) is 0 Å². The third-order valence-electron chi connectivity index (χ3n) is 8.93. The third-order valence-corrected chi connectivity index (χ3v) is 8.93. The highest BCUT2D eigenvalue weighted by Gasteiger charge is 2.22. The predicted molar refractivity (Wildman–Crippen MR) is 185 cm³/mol. The van der Waals surface area contributed by atoms with E-state index in [4.69, 9.17) is 15.0 Å². The van der Waals surface area contributed by atoms with Crippen LogP contribution < -0.4 is 0 Å². The van der Waals surface area contributed by atoms with Crippen molar-refractivity contribution < 1.29 is 0 Å². The van der Waals surface area contributed by atoms with Gasteiger partial charge in [-0.1, -0.05) is 115 Å². The first-order valence-corrected chi connectivity index (χ1v) is 15.4. The van der Waals surface area contributed by atoms with E-state index in [0.29, 0.717) is 17.6 Å². The molecule has 1 unspecified atom stereocenters. The van der Waals surface area contributed by atoms with Crippen molar-refractivity contribution in [3.05, 3.63) is 145 Å². The second-order valence-corrected chi connectivity index (χ2v) is 11.8. The van der Waals surface area contributed by atoms with Crippen molar-refractivity contribution in [3.63, 3.8) is 0 Å². The Morgan fingerprint density at radius 3 is 1.91 bits per heavy atom. The van der Waals surface area contributed by atoms with Gasteiger partial charge in [0.15, 0.2) is 11.6 Å². The van der Waals surface area contributed by atoms with E-state index in [1.165, 1.54) is 38.1 Å². The molecule has 1 aliphatic carbocycles. The summed E-state index contributed by atoms with van der Waals surface area (Å²) in [7, 11) is 0. The van der Waals surface area contributed by atoms with Crippen LogP contribution in [0.3, 0.4) is 0 Å². The van der Waals surface area contributed by atoms with Gasteiger partial charge in [-0.25, -0.2) is 4.98 Å². The van der Waals surface area contributed by atoms with Gasteiger partial charge in [-0.2, -0.15) is 9.97 Å². The van der Waals surface area contributed by atoms with Gasteiger partial charge in [-0.15, -0.1) is 0 Å². The van der Waals surface area contributed by atoms with Crippen molar-refractivity contribution in [2.75, 3.05) is 0 Å². The predicted octanol–water partition coefficient (Wildman–Crippen LogP) is 9.78. The normalized spacial score (nSPS) is 14.7. The van der Waals surface area contributed by atoms with Crippen LogP contribution in [0.4, 0.5) is 0 Å². The van der Waals surface area contributed by atoms with E-state index in [0.717, 1.165) is 28.6 Å². The van der Waals surface area contributed by atoms with Crippen LogP contribution in [0.5, 0.6) is 0 Å². The summed E-state index contributed by atoms with van der Waals surface area (Å²) in [4.78, 5) is 15.3. The maximum atomic E-state index is 5.15. The van der Waals surface area contributed by atoms with E-state index < -0.39 is 0 Å². The molecule has 0 aliphatic heterocycles. The van der Waals surface area contributed by atoms with Crippen LogP contribution in [0, 0.1) is 6.92 Å². The average molecular weight is 580 g/mol. The molecule has 5 nitrogen and oxygen atoms in total. The lowest BCUT2D eigenvalue weighted by Crippen LogP contribution is -2.08. The van der Waals surface area contributed by atoms with Crippen LogP contribution in [0.15, 0.2) is 140 Å². The number of hydrogen-bond acceptors (Lipinski definition) is 3. The summed E-state index contributed by atoms with van der Waals surface area (Å²) in [5, 5.41) is 4.88. The van der Waals surface area contributed by atoms with Gasteiger partial charge in [-0.3, -0.25) is 4.57 Å². The number of allylic oxidation sites excluding steroid dienone is 4. The molecular weight excluding hydrogens is 550 g/mol. The molecule has 1 aliphatic rings. The smallest absolute Gasteiger partial charge is 0.238 e. The minimum absolute atomic E-state index is 0.237. The average Bonchev–Trinajstić information content (AvgIpc) is 3.59. The standard InChI is InChI=1S/C40H29N5/c1-26-21-22-31-33-24-32-30-19-11-12-20-34(30)44(29-17-9-4-10-18-29)36(32)25-37(33)45(35(31)23-26)40-42-38(27-13-5-2-6-14-27)41-39(43-40)28-15-7-3-8-16-28/h2-17,19-25,29H,18H2,1H3. The SMILES string of the molecule is Cc1ccc2c3cc4c5ccccc5n(C5C=CC=CC5)c4cc3n(-c3nc(-c4ccccc4)nc(-c4ccccc4)n3)c2c1. The summed E-state index contributed by atoms with van der Waals surface area (Å²) < 4.78 is 4.73. The van der Waals surface area contributed by atoms with Crippen molar-refractivity contribution in [3.8, 4) is 28.7 Å². The minimum atomic E-state index is 0.237. The summed E-state index contributed by atoms with van der Waals surface area (Å²) >= 11 is 0. The summed E-state index contributed by atoms with van der Waals surface area (Å²) in [6.45, 7) is 2.14. The van der Waals surface area contributed by atoms with E-state index >= 15 is 0 Å². The molecule has 5 aromatic carbocycles. The number of hydrogen-bond donors (Lipinski definition) is 0. The van der Waals surface area contributed by atoms with E-state index in [9.17, 15) is 0 Å². The molecule has 1 atom stereocenters. The number of aromatic nitrogens is 5. The van der Waals surface area contributed by atoms with E-state index in [1.54, 1.807) is 0 Å². The van der Waals surface area contributed by atoms with Crippen LogP contribution in [-0.2, 0) is 0 Å². The van der Waals surface area contributed by atoms with Crippen molar-refractivity contribution >= 4 is 43.6 Å². The van der Waals surface area contributed by atoms with Gasteiger partial charge >= 0.3 is 0 Å². The lowest BCUT2D eigenvalue weighted by molar-refractivity contribution is 0.648. The summed E-state index contributed by atoms with van der Waals surface area (Å²) in [6.07, 6.45) is 9.81. The monoisotopic (exact) mass is 579 g/mol. The molecule has 3 heterocycles.